The third-order valence-corrected chi connectivity index (χ3v) is 1.37. The zero-order valence-electron chi connectivity index (χ0n) is 8.32. The molecular formula is C7H11BClFN2O4. The summed E-state index contributed by atoms with van der Waals surface area (Å²) >= 11 is 5.70. The van der Waals surface area contributed by atoms with Gasteiger partial charge in [0.1, 0.15) is 5.75 Å². The highest BCUT2D eigenvalue weighted by molar-refractivity contribution is 6.32. The smallest absolute Gasteiger partial charge is 0.495 e. The molecule has 0 aliphatic heterocycles. The van der Waals surface area contributed by atoms with Gasteiger partial charge in [0.25, 0.3) is 0 Å². The summed E-state index contributed by atoms with van der Waals surface area (Å²) in [5.41, 5.74) is 0. The van der Waals surface area contributed by atoms with Gasteiger partial charge in [-0.3, -0.25) is 4.70 Å². The Hall–Kier alpha value is -1.40. The van der Waals surface area contributed by atoms with Crippen molar-refractivity contribution >= 4 is 18.9 Å². The van der Waals surface area contributed by atoms with Crippen LogP contribution >= 0.6 is 11.6 Å². The number of halogens is 2. The van der Waals surface area contributed by atoms with Crippen molar-refractivity contribution in [3.05, 3.63) is 29.3 Å². The summed E-state index contributed by atoms with van der Waals surface area (Å²) in [6, 6.07) is 7.36. The second-order valence-corrected chi connectivity index (χ2v) is 2.39. The van der Waals surface area contributed by atoms with Gasteiger partial charge in [-0.1, -0.05) is 23.7 Å². The molecule has 0 fully saturated rings. The van der Waals surface area contributed by atoms with Crippen LogP contribution in [0.1, 0.15) is 0 Å². The second-order valence-electron chi connectivity index (χ2n) is 1.98. The van der Waals surface area contributed by atoms with E-state index in [9.17, 15) is 0 Å². The maximum Gasteiger partial charge on any atom is 0.631 e. The van der Waals surface area contributed by atoms with Gasteiger partial charge >= 0.3 is 7.32 Å². The normalized spacial score (nSPS) is 6.94. The van der Waals surface area contributed by atoms with Gasteiger partial charge in [-0.15, -0.1) is 0 Å². The molecule has 0 saturated heterocycles. The first-order valence-corrected chi connectivity index (χ1v) is 3.98. The molecule has 3 N–H and O–H groups in total. The summed E-state index contributed by atoms with van der Waals surface area (Å²) in [4.78, 5) is 0. The topological polar surface area (TPSA) is 118 Å². The van der Waals surface area contributed by atoms with Crippen molar-refractivity contribution in [2.24, 2.45) is 0 Å². The van der Waals surface area contributed by atoms with Crippen LogP contribution in [0.25, 0.3) is 0 Å². The first kappa shape index (κ1) is 20.1. The van der Waals surface area contributed by atoms with E-state index in [1.54, 1.807) is 13.2 Å². The van der Waals surface area contributed by atoms with Gasteiger partial charge < -0.3 is 19.8 Å². The van der Waals surface area contributed by atoms with Crippen LogP contribution in [0.15, 0.2) is 24.3 Å². The maximum absolute atomic E-state index is 7.17. The Bertz CT molecular complexity index is 287. The molecule has 1 aromatic carbocycles. The third kappa shape index (κ3) is 12.6. The van der Waals surface area contributed by atoms with Gasteiger partial charge in [0.15, 0.2) is 0 Å². The van der Waals surface area contributed by atoms with Crippen molar-refractivity contribution < 1.29 is 24.5 Å². The molecule has 0 atom stereocenters. The Labute approximate surface area is 97.0 Å². The third-order valence-electron chi connectivity index (χ3n) is 1.06. The van der Waals surface area contributed by atoms with Crippen LogP contribution in [0, 0.1) is 10.8 Å². The van der Waals surface area contributed by atoms with E-state index in [1.165, 1.54) is 0 Å². The summed E-state index contributed by atoms with van der Waals surface area (Å²) in [5.74, 6) is 0.721. The number of hydrogen-bond acceptors (Lipinski definition) is 6. The molecule has 0 spiro atoms. The fourth-order valence-electron chi connectivity index (χ4n) is 0.610. The molecule has 0 radical (unpaired) electrons. The molecule has 0 aliphatic carbocycles. The van der Waals surface area contributed by atoms with Gasteiger partial charge in [0.2, 0.25) is 0 Å². The minimum Gasteiger partial charge on any atom is -0.495 e. The number of rotatable bonds is 1. The molecule has 1 aromatic rings. The highest BCUT2D eigenvalue weighted by Gasteiger charge is 1.93. The lowest BCUT2D eigenvalue weighted by Crippen LogP contribution is -2.07. The number of nitrogens with zero attached hydrogens (tertiary/aromatic N) is 2. The molecule has 0 saturated carbocycles. The lowest BCUT2D eigenvalue weighted by Gasteiger charge is -1.98. The fraction of sp³-hybridized carbons (Fsp3) is 0.143. The molecule has 0 bridgehead atoms. The Morgan fingerprint density at radius 2 is 1.56 bits per heavy atom. The van der Waals surface area contributed by atoms with Crippen LogP contribution in [-0.2, 0) is 0 Å². The van der Waals surface area contributed by atoms with Crippen molar-refractivity contribution in [2.75, 3.05) is 7.11 Å². The lowest BCUT2D eigenvalue weighted by atomic mass is 10.3. The summed E-state index contributed by atoms with van der Waals surface area (Å²) in [7, 11) is -0.568. The van der Waals surface area contributed by atoms with E-state index in [1.807, 2.05) is 18.2 Å². The van der Waals surface area contributed by atoms with Crippen LogP contribution in [0.3, 0.4) is 0 Å². The quantitative estimate of drug-likeness (QED) is 0.494. The van der Waals surface area contributed by atoms with Gasteiger partial charge in [-0.2, -0.15) is 0 Å². The summed E-state index contributed by atoms with van der Waals surface area (Å²) in [5, 5.41) is 34.2. The van der Waals surface area contributed by atoms with Crippen LogP contribution in [0.5, 0.6) is 5.75 Å². The molecule has 16 heavy (non-hydrogen) atoms. The minimum absolute atomic E-state index is 0. The fourth-order valence-corrected chi connectivity index (χ4v) is 0.823. The zero-order valence-corrected chi connectivity index (χ0v) is 9.07. The molecule has 90 valence electrons. The standard InChI is InChI=1S/C7H7ClO.BH3O3.FH.N2/c1-9-7-5-3-2-4-6(7)8;2-1(3)4;;1-2/h2-5H,1H3;2-4H;1H;. The Kier molecular flexibility index (Phi) is 17.1. The van der Waals surface area contributed by atoms with E-state index in [4.69, 9.17) is 42.2 Å². The number of hydrogen-bond donors (Lipinski definition) is 3. The van der Waals surface area contributed by atoms with E-state index in [2.05, 4.69) is 0 Å². The maximum atomic E-state index is 7.17. The van der Waals surface area contributed by atoms with Crippen LogP contribution in [0.2, 0.25) is 5.02 Å². The average molecular weight is 252 g/mol. The molecular weight excluding hydrogens is 241 g/mol. The molecule has 1 rings (SSSR count). The van der Waals surface area contributed by atoms with Gasteiger partial charge in [0.05, 0.1) is 12.1 Å². The van der Waals surface area contributed by atoms with Gasteiger partial charge in [0, 0.05) is 10.8 Å². The average Bonchev–Trinajstić information content (AvgIpc) is 2.21. The predicted octanol–water partition coefficient (Wildman–Crippen LogP) is 0.479. The van der Waals surface area contributed by atoms with E-state index >= 15 is 0 Å². The van der Waals surface area contributed by atoms with E-state index in [-0.39, 0.29) is 4.70 Å². The van der Waals surface area contributed by atoms with Gasteiger partial charge in [-0.25, -0.2) is 0 Å². The molecule has 0 aliphatic rings. The lowest BCUT2D eigenvalue weighted by molar-refractivity contribution is 0.278. The summed E-state index contributed by atoms with van der Waals surface area (Å²) < 4.78 is 4.91. The number of methoxy groups -OCH3 is 1. The van der Waals surface area contributed by atoms with Crippen molar-refractivity contribution in [3.8, 4) is 5.75 Å². The van der Waals surface area contributed by atoms with Crippen molar-refractivity contribution in [1.82, 2.24) is 0 Å². The van der Waals surface area contributed by atoms with Crippen LogP contribution < -0.4 is 4.74 Å². The highest BCUT2D eigenvalue weighted by atomic mass is 35.5. The monoisotopic (exact) mass is 252 g/mol. The van der Waals surface area contributed by atoms with Crippen LogP contribution in [-0.4, -0.2) is 29.5 Å². The Morgan fingerprint density at radius 3 is 1.81 bits per heavy atom. The summed E-state index contributed by atoms with van der Waals surface area (Å²) in [6.07, 6.45) is 0. The second kappa shape index (κ2) is 13.6. The molecule has 0 heterocycles. The Morgan fingerprint density at radius 1 is 1.19 bits per heavy atom. The van der Waals surface area contributed by atoms with Crippen molar-refractivity contribution in [3.63, 3.8) is 0 Å². The minimum atomic E-state index is -2.17. The van der Waals surface area contributed by atoms with E-state index < -0.39 is 7.32 Å². The first-order valence-electron chi connectivity index (χ1n) is 3.60. The number of benzene rings is 1. The van der Waals surface area contributed by atoms with E-state index in [0.29, 0.717) is 5.02 Å². The van der Waals surface area contributed by atoms with Gasteiger partial charge in [-0.05, 0) is 12.1 Å². The van der Waals surface area contributed by atoms with E-state index in [0.717, 1.165) is 5.75 Å². The van der Waals surface area contributed by atoms with Crippen LogP contribution in [0.4, 0.5) is 4.70 Å². The Balaban J connectivity index is -0.000000209. The molecule has 0 aromatic heterocycles. The molecule has 0 unspecified atom stereocenters. The largest absolute Gasteiger partial charge is 0.631 e. The summed E-state index contributed by atoms with van der Waals surface area (Å²) in [6.45, 7) is 0. The van der Waals surface area contributed by atoms with Crippen molar-refractivity contribution in [1.29, 1.82) is 10.8 Å². The zero-order chi connectivity index (χ0) is 12.3. The SMILES string of the molecule is COc1ccccc1Cl.F.N#N.OB(O)O. The highest BCUT2D eigenvalue weighted by Crippen LogP contribution is 2.21. The number of para-hydroxylation sites is 1. The number of ether oxygens (including phenoxy) is 1. The predicted molar refractivity (Wildman–Crippen MR) is 56.4 cm³/mol. The molecule has 6 nitrogen and oxygen atoms in total. The first-order chi connectivity index (χ1) is 7.07. The molecule has 0 amide bonds. The molecule has 9 heteroatoms. The van der Waals surface area contributed by atoms with Crippen molar-refractivity contribution in [2.45, 2.75) is 0 Å².